The summed E-state index contributed by atoms with van der Waals surface area (Å²) in [5, 5.41) is 18.8. The highest BCUT2D eigenvalue weighted by Crippen LogP contribution is 2.40. The van der Waals surface area contributed by atoms with Crippen molar-refractivity contribution < 1.29 is 18.7 Å². The molecule has 6 nitrogen and oxygen atoms in total. The molecule has 1 amide bonds. The lowest BCUT2D eigenvalue weighted by atomic mass is 9.92. The monoisotopic (exact) mass is 416 g/mol. The number of phenolic OH excluding ortho intramolecular Hbond substituents is 1. The van der Waals surface area contributed by atoms with Crippen LogP contribution < -0.4 is 4.90 Å². The molecule has 1 aromatic heterocycles. The van der Waals surface area contributed by atoms with Gasteiger partial charge in [-0.05, 0) is 55.9 Å². The van der Waals surface area contributed by atoms with E-state index in [-0.39, 0.29) is 34.8 Å². The Hall–Kier alpha value is -2.77. The molecular weight excluding hydrogens is 390 g/mol. The van der Waals surface area contributed by atoms with Crippen LogP contribution in [0.2, 0.25) is 0 Å². The third-order valence-electron chi connectivity index (χ3n) is 6.33. The SMILES string of the molecule is CC(=O)N1CC[C@@H]2CCN(c3nnc(-c4c(C)cc(C)cc4O)cc3C(F)F)[C@@H]2C1. The molecule has 0 radical (unpaired) electrons. The highest BCUT2D eigenvalue weighted by atomic mass is 19.3. The molecule has 2 atom stereocenters. The average Bonchev–Trinajstić information content (AvgIpc) is 3.10. The number of likely N-dealkylation sites (tertiary alicyclic amines) is 1. The van der Waals surface area contributed by atoms with Crippen molar-refractivity contribution in [2.75, 3.05) is 24.5 Å². The summed E-state index contributed by atoms with van der Waals surface area (Å²) < 4.78 is 28.1. The molecule has 2 aliphatic rings. The molecule has 1 N–H and O–H groups in total. The van der Waals surface area contributed by atoms with Crippen LogP contribution in [0.25, 0.3) is 11.3 Å². The Morgan fingerprint density at radius 2 is 1.90 bits per heavy atom. The number of piperidine rings is 1. The van der Waals surface area contributed by atoms with Gasteiger partial charge in [0.15, 0.2) is 5.82 Å². The van der Waals surface area contributed by atoms with Gasteiger partial charge >= 0.3 is 0 Å². The second-order valence-electron chi connectivity index (χ2n) is 8.35. The van der Waals surface area contributed by atoms with Crippen LogP contribution in [0.4, 0.5) is 14.6 Å². The molecule has 4 rings (SSSR count). The molecule has 30 heavy (non-hydrogen) atoms. The van der Waals surface area contributed by atoms with E-state index in [0.717, 1.165) is 24.0 Å². The van der Waals surface area contributed by atoms with Crippen LogP contribution in [0.15, 0.2) is 18.2 Å². The van der Waals surface area contributed by atoms with E-state index in [1.54, 1.807) is 11.0 Å². The van der Waals surface area contributed by atoms with E-state index < -0.39 is 6.43 Å². The molecule has 0 spiro atoms. The molecule has 0 saturated carbocycles. The van der Waals surface area contributed by atoms with Gasteiger partial charge in [0, 0.05) is 32.1 Å². The molecule has 2 aromatic rings. The summed E-state index contributed by atoms with van der Waals surface area (Å²) >= 11 is 0. The predicted molar refractivity (Wildman–Crippen MR) is 110 cm³/mol. The summed E-state index contributed by atoms with van der Waals surface area (Å²) in [6.45, 7) is 7.04. The molecule has 0 unspecified atom stereocenters. The minimum atomic E-state index is -2.73. The van der Waals surface area contributed by atoms with Crippen molar-refractivity contribution in [2.45, 2.75) is 46.1 Å². The zero-order chi connectivity index (χ0) is 21.6. The molecule has 3 heterocycles. The van der Waals surface area contributed by atoms with Crippen molar-refractivity contribution >= 4 is 11.7 Å². The van der Waals surface area contributed by atoms with E-state index in [4.69, 9.17) is 0 Å². The van der Waals surface area contributed by atoms with E-state index in [2.05, 4.69) is 10.2 Å². The minimum absolute atomic E-state index is 0.000355. The first-order valence-electron chi connectivity index (χ1n) is 10.2. The summed E-state index contributed by atoms with van der Waals surface area (Å²) in [5.41, 5.74) is 2.08. The highest BCUT2D eigenvalue weighted by Gasteiger charge is 2.41. The molecule has 2 saturated heterocycles. The van der Waals surface area contributed by atoms with Crippen LogP contribution in [0.5, 0.6) is 5.75 Å². The van der Waals surface area contributed by atoms with Crippen LogP contribution in [-0.2, 0) is 4.79 Å². The average molecular weight is 416 g/mol. The standard InChI is InChI=1S/C22H26F2N4O2/c1-12-8-13(2)20(19(30)9-12)17-10-16(21(23)24)22(26-25-17)28-7-5-15-4-6-27(14(3)29)11-18(15)28/h8-10,15,18,21,30H,4-7,11H2,1-3H3/t15-,18-/m1/s1. The number of aryl methyl sites for hydroxylation is 2. The Kier molecular flexibility index (Phi) is 5.34. The van der Waals surface area contributed by atoms with Crippen molar-refractivity contribution in [2.24, 2.45) is 5.92 Å². The molecule has 8 heteroatoms. The lowest BCUT2D eigenvalue weighted by molar-refractivity contribution is -0.130. The van der Waals surface area contributed by atoms with Gasteiger partial charge in [-0.15, -0.1) is 10.2 Å². The number of alkyl halides is 2. The van der Waals surface area contributed by atoms with Gasteiger partial charge in [0.05, 0.1) is 17.3 Å². The number of carbonyl (C=O) groups excluding carboxylic acids is 1. The maximum absolute atomic E-state index is 14.0. The van der Waals surface area contributed by atoms with Crippen LogP contribution in [0.3, 0.4) is 0 Å². The molecule has 0 aliphatic carbocycles. The summed E-state index contributed by atoms with van der Waals surface area (Å²) in [4.78, 5) is 15.5. The maximum atomic E-state index is 14.0. The van der Waals surface area contributed by atoms with Gasteiger partial charge < -0.3 is 14.9 Å². The number of phenols is 1. The molecule has 2 fully saturated rings. The summed E-state index contributed by atoms with van der Waals surface area (Å²) in [7, 11) is 0. The largest absolute Gasteiger partial charge is 0.507 e. The fourth-order valence-electron chi connectivity index (χ4n) is 4.87. The summed E-state index contributed by atoms with van der Waals surface area (Å²) in [6.07, 6.45) is -0.971. The number of rotatable bonds is 3. The number of hydrogen-bond donors (Lipinski definition) is 1. The third kappa shape index (κ3) is 3.59. The highest BCUT2D eigenvalue weighted by molar-refractivity contribution is 5.74. The molecular formula is C22H26F2N4O2. The van der Waals surface area contributed by atoms with Gasteiger partial charge in [-0.25, -0.2) is 8.78 Å². The van der Waals surface area contributed by atoms with Crippen LogP contribution in [-0.4, -0.2) is 51.8 Å². The number of halogens is 2. The van der Waals surface area contributed by atoms with Crippen LogP contribution >= 0.6 is 0 Å². The van der Waals surface area contributed by atoms with Gasteiger partial charge in [0.2, 0.25) is 5.91 Å². The summed E-state index contributed by atoms with van der Waals surface area (Å²) in [6, 6.07) is 4.76. The Bertz CT molecular complexity index is 959. The predicted octanol–water partition coefficient (Wildman–Crippen LogP) is 3.85. The van der Waals surface area contributed by atoms with Gasteiger partial charge in [-0.2, -0.15) is 0 Å². The Labute approximate surface area is 174 Å². The minimum Gasteiger partial charge on any atom is -0.507 e. The van der Waals surface area contributed by atoms with E-state index in [0.29, 0.717) is 31.1 Å². The smallest absolute Gasteiger partial charge is 0.267 e. The van der Waals surface area contributed by atoms with Gasteiger partial charge in [-0.3, -0.25) is 4.79 Å². The normalized spacial score (nSPS) is 21.3. The fraction of sp³-hybridized carbons (Fsp3) is 0.500. The number of anilines is 1. The van der Waals surface area contributed by atoms with Crippen LogP contribution in [0, 0.1) is 19.8 Å². The lowest BCUT2D eigenvalue weighted by Gasteiger charge is -2.38. The third-order valence-corrected chi connectivity index (χ3v) is 6.33. The number of nitrogens with zero attached hydrogens (tertiary/aromatic N) is 4. The van der Waals surface area contributed by atoms with Crippen molar-refractivity contribution in [1.29, 1.82) is 0 Å². The first-order chi connectivity index (χ1) is 14.3. The topological polar surface area (TPSA) is 69.6 Å². The number of amides is 1. The second-order valence-corrected chi connectivity index (χ2v) is 8.35. The molecule has 1 aromatic carbocycles. The number of aromatic nitrogens is 2. The number of hydrogen-bond acceptors (Lipinski definition) is 5. The number of carbonyl (C=O) groups is 1. The number of aromatic hydroxyl groups is 1. The van der Waals surface area contributed by atoms with Gasteiger partial charge in [0.25, 0.3) is 6.43 Å². The number of fused-ring (bicyclic) bond motifs is 1. The Morgan fingerprint density at radius 1 is 1.17 bits per heavy atom. The Balaban J connectivity index is 1.72. The van der Waals surface area contributed by atoms with E-state index in [9.17, 15) is 18.7 Å². The first kappa shape index (κ1) is 20.5. The van der Waals surface area contributed by atoms with Gasteiger partial charge in [-0.1, -0.05) is 6.07 Å². The lowest BCUT2D eigenvalue weighted by Crippen LogP contribution is -2.50. The van der Waals surface area contributed by atoms with Crippen molar-refractivity contribution in [3.8, 4) is 17.0 Å². The van der Waals surface area contributed by atoms with Crippen molar-refractivity contribution in [3.05, 3.63) is 34.9 Å². The van der Waals surface area contributed by atoms with E-state index >= 15 is 0 Å². The summed E-state index contributed by atoms with van der Waals surface area (Å²) in [5.74, 6) is 0.536. The molecule has 2 aliphatic heterocycles. The Morgan fingerprint density at radius 3 is 2.57 bits per heavy atom. The van der Waals surface area contributed by atoms with Crippen molar-refractivity contribution in [3.63, 3.8) is 0 Å². The van der Waals surface area contributed by atoms with Gasteiger partial charge in [0.1, 0.15) is 5.75 Å². The number of benzene rings is 1. The molecule has 0 bridgehead atoms. The zero-order valence-corrected chi connectivity index (χ0v) is 17.4. The van der Waals surface area contributed by atoms with E-state index in [1.165, 1.54) is 13.0 Å². The quantitative estimate of drug-likeness (QED) is 0.823. The first-order valence-corrected chi connectivity index (χ1v) is 10.2. The van der Waals surface area contributed by atoms with Crippen molar-refractivity contribution in [1.82, 2.24) is 15.1 Å². The second kappa shape index (κ2) is 7.81. The molecule has 160 valence electrons. The van der Waals surface area contributed by atoms with E-state index in [1.807, 2.05) is 24.8 Å². The maximum Gasteiger partial charge on any atom is 0.267 e. The van der Waals surface area contributed by atoms with Crippen LogP contribution in [0.1, 0.15) is 42.9 Å². The fourth-order valence-corrected chi connectivity index (χ4v) is 4.87. The zero-order valence-electron chi connectivity index (χ0n) is 17.4.